The fourth-order valence-corrected chi connectivity index (χ4v) is 2.41. The summed E-state index contributed by atoms with van der Waals surface area (Å²) in [5.41, 5.74) is -0.568. The number of hydrogen-bond donors (Lipinski definition) is 1. The summed E-state index contributed by atoms with van der Waals surface area (Å²) >= 11 is 0. The van der Waals surface area contributed by atoms with E-state index in [-0.39, 0.29) is 5.56 Å². The summed E-state index contributed by atoms with van der Waals surface area (Å²) in [7, 11) is 0. The van der Waals surface area contributed by atoms with E-state index in [2.05, 4.69) is 29.0 Å². The van der Waals surface area contributed by atoms with Crippen molar-refractivity contribution in [1.29, 1.82) is 0 Å². The molecule has 0 bridgehead atoms. The lowest BCUT2D eigenvalue weighted by Gasteiger charge is -2.19. The number of benzene rings is 1. The van der Waals surface area contributed by atoms with Crippen molar-refractivity contribution >= 4 is 11.6 Å². The fourth-order valence-electron chi connectivity index (χ4n) is 2.41. The summed E-state index contributed by atoms with van der Waals surface area (Å²) in [4.78, 5) is 17.8. The summed E-state index contributed by atoms with van der Waals surface area (Å²) in [6.07, 6.45) is -3.64. The molecule has 1 N–H and O–H groups in total. The molecule has 0 atom stereocenters. The maximum Gasteiger partial charge on any atom is 0.433 e. The Hall–Kier alpha value is -2.61. The molecule has 0 fully saturated rings. The van der Waals surface area contributed by atoms with E-state index >= 15 is 0 Å². The van der Waals surface area contributed by atoms with Crippen molar-refractivity contribution in [2.45, 2.75) is 20.0 Å². The minimum Gasteiger partial charge on any atom is -0.490 e. The second-order valence-electron chi connectivity index (χ2n) is 5.76. The van der Waals surface area contributed by atoms with E-state index in [0.717, 1.165) is 38.0 Å². The molecular formula is C19H22F3N3O2. The monoisotopic (exact) mass is 381 g/mol. The van der Waals surface area contributed by atoms with E-state index in [4.69, 9.17) is 4.74 Å². The number of anilines is 1. The number of rotatable bonds is 8. The van der Waals surface area contributed by atoms with E-state index in [9.17, 15) is 18.0 Å². The molecule has 8 heteroatoms. The summed E-state index contributed by atoms with van der Waals surface area (Å²) in [5, 5.41) is 2.65. The molecule has 0 spiro atoms. The van der Waals surface area contributed by atoms with Crippen molar-refractivity contribution in [3.63, 3.8) is 0 Å². The van der Waals surface area contributed by atoms with Crippen LogP contribution < -0.4 is 10.1 Å². The van der Waals surface area contributed by atoms with Crippen molar-refractivity contribution in [2.24, 2.45) is 0 Å². The quantitative estimate of drug-likeness (QED) is 0.749. The van der Waals surface area contributed by atoms with Gasteiger partial charge < -0.3 is 15.0 Å². The van der Waals surface area contributed by atoms with Gasteiger partial charge >= 0.3 is 6.18 Å². The van der Waals surface area contributed by atoms with Crippen molar-refractivity contribution in [1.82, 2.24) is 9.88 Å². The van der Waals surface area contributed by atoms with Crippen LogP contribution >= 0.6 is 0 Å². The Labute approximate surface area is 156 Å². The van der Waals surface area contributed by atoms with Crippen molar-refractivity contribution < 1.29 is 22.7 Å². The minimum atomic E-state index is -4.54. The molecule has 0 aliphatic rings. The molecule has 1 amide bonds. The Balaban J connectivity index is 2.03. The van der Waals surface area contributed by atoms with Gasteiger partial charge in [-0.2, -0.15) is 13.2 Å². The fraction of sp³-hybridized carbons (Fsp3) is 0.368. The maximum atomic E-state index is 12.6. The van der Waals surface area contributed by atoms with E-state index in [0.29, 0.717) is 18.0 Å². The van der Waals surface area contributed by atoms with Gasteiger partial charge in [-0.15, -0.1) is 0 Å². The van der Waals surface area contributed by atoms with Crippen LogP contribution in [0.25, 0.3) is 0 Å². The predicted molar refractivity (Wildman–Crippen MR) is 96.9 cm³/mol. The molecule has 0 aliphatic carbocycles. The smallest absolute Gasteiger partial charge is 0.433 e. The lowest BCUT2D eigenvalue weighted by Crippen LogP contribution is -2.28. The molecule has 0 aliphatic heterocycles. The van der Waals surface area contributed by atoms with Crippen LogP contribution in [-0.4, -0.2) is 42.0 Å². The number of halogens is 3. The van der Waals surface area contributed by atoms with Gasteiger partial charge in [0.25, 0.3) is 5.91 Å². The van der Waals surface area contributed by atoms with Crippen LogP contribution in [0.5, 0.6) is 5.75 Å². The van der Waals surface area contributed by atoms with Crippen LogP contribution in [0, 0.1) is 0 Å². The number of likely N-dealkylation sites (N-methyl/N-ethyl adjacent to an activating group) is 1. The first kappa shape index (κ1) is 20.7. The summed E-state index contributed by atoms with van der Waals surface area (Å²) < 4.78 is 43.4. The summed E-state index contributed by atoms with van der Waals surface area (Å²) in [6, 6.07) is 8.78. The number of para-hydroxylation sites is 2. The highest BCUT2D eigenvalue weighted by Gasteiger charge is 2.32. The Morgan fingerprint density at radius 3 is 2.44 bits per heavy atom. The van der Waals surface area contributed by atoms with Gasteiger partial charge in [0.05, 0.1) is 11.3 Å². The van der Waals surface area contributed by atoms with E-state index in [1.165, 1.54) is 0 Å². The van der Waals surface area contributed by atoms with Gasteiger partial charge in [0.1, 0.15) is 18.1 Å². The first-order valence-corrected chi connectivity index (χ1v) is 8.64. The lowest BCUT2D eigenvalue weighted by atomic mass is 10.2. The third kappa shape index (κ3) is 5.96. The number of aromatic nitrogens is 1. The molecule has 146 valence electrons. The first-order valence-electron chi connectivity index (χ1n) is 8.64. The van der Waals surface area contributed by atoms with Crippen molar-refractivity contribution in [3.8, 4) is 5.75 Å². The molecule has 1 heterocycles. The van der Waals surface area contributed by atoms with E-state index in [1.54, 1.807) is 24.3 Å². The number of carbonyl (C=O) groups excluding carboxylic acids is 1. The molecule has 0 unspecified atom stereocenters. The second-order valence-corrected chi connectivity index (χ2v) is 5.76. The number of ether oxygens (including phenoxy) is 1. The van der Waals surface area contributed by atoms with Crippen LogP contribution in [0.3, 0.4) is 0 Å². The number of nitrogens with one attached hydrogen (secondary N) is 1. The van der Waals surface area contributed by atoms with Crippen LogP contribution in [0.1, 0.15) is 29.9 Å². The van der Waals surface area contributed by atoms with Crippen LogP contribution in [0.2, 0.25) is 0 Å². The predicted octanol–water partition coefficient (Wildman–Crippen LogP) is 4.07. The maximum absolute atomic E-state index is 12.6. The van der Waals surface area contributed by atoms with Crippen molar-refractivity contribution in [2.75, 3.05) is 31.6 Å². The number of alkyl halides is 3. The highest BCUT2D eigenvalue weighted by Crippen LogP contribution is 2.28. The largest absolute Gasteiger partial charge is 0.490 e. The second kappa shape index (κ2) is 9.36. The van der Waals surface area contributed by atoms with E-state index < -0.39 is 17.8 Å². The Morgan fingerprint density at radius 1 is 1.15 bits per heavy atom. The van der Waals surface area contributed by atoms with E-state index in [1.807, 2.05) is 0 Å². The van der Waals surface area contributed by atoms with Crippen molar-refractivity contribution in [3.05, 3.63) is 53.9 Å². The number of carbonyl (C=O) groups is 1. The Morgan fingerprint density at radius 2 is 1.85 bits per heavy atom. The average Bonchev–Trinajstić information content (AvgIpc) is 2.66. The molecule has 2 rings (SSSR count). The molecule has 1 aromatic heterocycles. The number of pyridine rings is 1. The first-order chi connectivity index (χ1) is 12.8. The zero-order valence-electron chi connectivity index (χ0n) is 15.2. The number of hydrogen-bond acceptors (Lipinski definition) is 4. The van der Waals surface area contributed by atoms with Crippen LogP contribution in [0.4, 0.5) is 18.9 Å². The molecule has 0 radical (unpaired) electrons. The molecule has 5 nitrogen and oxygen atoms in total. The van der Waals surface area contributed by atoms with Gasteiger partial charge in [-0.05, 0) is 37.4 Å². The molecule has 0 saturated heterocycles. The number of amides is 1. The Bertz CT molecular complexity index is 745. The van der Waals surface area contributed by atoms with Gasteiger partial charge in [0, 0.05) is 12.7 Å². The zero-order chi connectivity index (χ0) is 19.9. The van der Waals surface area contributed by atoms with Gasteiger partial charge in [0.2, 0.25) is 0 Å². The standard InChI is InChI=1S/C19H22F3N3O2/c1-3-25(4-2)11-12-27-16-8-6-5-7-15(16)24-18(26)14-9-10-17(23-13-14)19(20,21)22/h5-10,13H,3-4,11-12H2,1-2H3,(H,24,26). The third-order valence-electron chi connectivity index (χ3n) is 4.01. The molecule has 1 aromatic carbocycles. The molecule has 27 heavy (non-hydrogen) atoms. The zero-order valence-corrected chi connectivity index (χ0v) is 15.2. The van der Waals surface area contributed by atoms with Gasteiger partial charge in [-0.1, -0.05) is 26.0 Å². The SMILES string of the molecule is CCN(CC)CCOc1ccccc1NC(=O)c1ccc(C(F)(F)F)nc1. The summed E-state index contributed by atoms with van der Waals surface area (Å²) in [5.74, 6) is -0.0612. The van der Waals surface area contributed by atoms with Gasteiger partial charge in [0.15, 0.2) is 0 Å². The third-order valence-corrected chi connectivity index (χ3v) is 4.01. The highest BCUT2D eigenvalue weighted by atomic mass is 19.4. The number of nitrogens with zero attached hydrogens (tertiary/aromatic N) is 2. The van der Waals surface area contributed by atoms with Crippen LogP contribution in [0.15, 0.2) is 42.6 Å². The normalized spacial score (nSPS) is 11.5. The molecule has 0 saturated carbocycles. The Kier molecular flexibility index (Phi) is 7.18. The van der Waals surface area contributed by atoms with Gasteiger partial charge in [-0.3, -0.25) is 9.78 Å². The van der Waals surface area contributed by atoms with Crippen LogP contribution in [-0.2, 0) is 6.18 Å². The average molecular weight is 381 g/mol. The van der Waals surface area contributed by atoms with Gasteiger partial charge in [-0.25, -0.2) is 0 Å². The molecular weight excluding hydrogens is 359 g/mol. The lowest BCUT2D eigenvalue weighted by molar-refractivity contribution is -0.141. The molecule has 2 aromatic rings. The topological polar surface area (TPSA) is 54.5 Å². The highest BCUT2D eigenvalue weighted by molar-refractivity contribution is 6.04. The summed E-state index contributed by atoms with van der Waals surface area (Å²) in [6.45, 7) is 7.17. The minimum absolute atomic E-state index is 0.0287.